The van der Waals surface area contributed by atoms with E-state index in [1.807, 2.05) is 17.0 Å². The first kappa shape index (κ1) is 16.6. The number of carbonyl (C=O) groups excluding carboxylic acids is 1. The fourth-order valence-electron chi connectivity index (χ4n) is 3.99. The van der Waals surface area contributed by atoms with Gasteiger partial charge in [-0.2, -0.15) is 0 Å². The molecule has 6 heteroatoms. The second-order valence-corrected chi connectivity index (χ2v) is 7.12. The maximum atomic E-state index is 13.0. The number of amides is 1. The lowest BCUT2D eigenvalue weighted by Gasteiger charge is -2.38. The topological polar surface area (TPSA) is 71.0 Å². The van der Waals surface area contributed by atoms with E-state index in [1.54, 1.807) is 12.3 Å². The van der Waals surface area contributed by atoms with Crippen molar-refractivity contribution < 1.29 is 4.79 Å². The highest BCUT2D eigenvalue weighted by Crippen LogP contribution is 2.38. The summed E-state index contributed by atoms with van der Waals surface area (Å²) < 4.78 is 1.36. The van der Waals surface area contributed by atoms with Crippen LogP contribution in [0.5, 0.6) is 0 Å². The van der Waals surface area contributed by atoms with Crippen LogP contribution in [-0.4, -0.2) is 31.9 Å². The largest absolute Gasteiger partial charge is 0.356 e. The summed E-state index contributed by atoms with van der Waals surface area (Å²) in [6.45, 7) is 4.93. The van der Waals surface area contributed by atoms with Gasteiger partial charge in [0.15, 0.2) is 0 Å². The minimum atomic E-state index is -0.398. The van der Waals surface area contributed by atoms with Crippen molar-refractivity contribution in [3.63, 3.8) is 0 Å². The first-order chi connectivity index (χ1) is 12.6. The number of aromatic nitrogens is 3. The number of rotatable bonds is 3. The summed E-state index contributed by atoms with van der Waals surface area (Å²) in [4.78, 5) is 34.0. The Bertz CT molecular complexity index is 1020. The number of hydrogen-bond donors (Lipinski definition) is 1. The van der Waals surface area contributed by atoms with Crippen LogP contribution in [0, 0.1) is 5.92 Å². The lowest BCUT2D eigenvalue weighted by Crippen LogP contribution is -2.44. The summed E-state index contributed by atoms with van der Waals surface area (Å²) in [5.41, 5.74) is 3.15. The Kier molecular flexibility index (Phi) is 4.11. The van der Waals surface area contributed by atoms with E-state index in [9.17, 15) is 9.59 Å². The van der Waals surface area contributed by atoms with Gasteiger partial charge in [-0.25, -0.2) is 9.78 Å². The molecule has 134 valence electrons. The van der Waals surface area contributed by atoms with Crippen molar-refractivity contribution in [1.82, 2.24) is 19.4 Å². The van der Waals surface area contributed by atoms with Crippen molar-refractivity contribution in [2.45, 2.75) is 32.9 Å². The summed E-state index contributed by atoms with van der Waals surface area (Å²) in [5, 5.41) is 1.24. The SMILES string of the molecule is CC(C)[C@@H]1c2[nH]c3ccccc3c2CCN1C(=O)Cn1cccnc1=O. The molecule has 2 aromatic heterocycles. The lowest BCUT2D eigenvalue weighted by molar-refractivity contribution is -0.136. The van der Waals surface area contributed by atoms with Gasteiger partial charge in [0.2, 0.25) is 5.91 Å². The third-order valence-electron chi connectivity index (χ3n) is 5.12. The standard InChI is InChI=1S/C20H22N4O2/c1-13(2)19-18-15(14-6-3-4-7-16(14)22-18)8-11-24(19)17(25)12-23-10-5-9-21-20(23)26/h3-7,9-10,13,19,22H,8,11-12H2,1-2H3/t19-/m1/s1. The molecule has 1 amide bonds. The fourth-order valence-corrected chi connectivity index (χ4v) is 3.99. The van der Waals surface area contributed by atoms with Crippen LogP contribution in [0.3, 0.4) is 0 Å². The summed E-state index contributed by atoms with van der Waals surface area (Å²) in [6, 6.07) is 9.92. The number of nitrogens with one attached hydrogen (secondary N) is 1. The third kappa shape index (κ3) is 2.71. The predicted octanol–water partition coefficient (Wildman–Crippen LogP) is 2.51. The summed E-state index contributed by atoms with van der Waals surface area (Å²) in [6.07, 6.45) is 3.87. The molecular formula is C20H22N4O2. The number of nitrogens with zero attached hydrogens (tertiary/aromatic N) is 3. The molecule has 1 aliphatic heterocycles. The fraction of sp³-hybridized carbons (Fsp3) is 0.350. The number of hydrogen-bond acceptors (Lipinski definition) is 3. The molecule has 0 bridgehead atoms. The normalized spacial score (nSPS) is 16.9. The molecule has 0 saturated heterocycles. The average molecular weight is 350 g/mol. The van der Waals surface area contributed by atoms with Crippen molar-refractivity contribution in [2.75, 3.05) is 6.54 Å². The Morgan fingerprint density at radius 2 is 2.12 bits per heavy atom. The number of para-hydroxylation sites is 1. The number of aromatic amines is 1. The summed E-state index contributed by atoms with van der Waals surface area (Å²) >= 11 is 0. The smallest absolute Gasteiger partial charge is 0.347 e. The van der Waals surface area contributed by atoms with E-state index < -0.39 is 5.69 Å². The zero-order valence-electron chi connectivity index (χ0n) is 15.0. The van der Waals surface area contributed by atoms with Gasteiger partial charge in [-0.1, -0.05) is 32.0 Å². The number of benzene rings is 1. The average Bonchev–Trinajstić information content (AvgIpc) is 3.01. The van der Waals surface area contributed by atoms with Gasteiger partial charge < -0.3 is 9.88 Å². The Morgan fingerprint density at radius 1 is 1.31 bits per heavy atom. The van der Waals surface area contributed by atoms with Crippen LogP contribution in [0.1, 0.15) is 31.1 Å². The summed E-state index contributed by atoms with van der Waals surface area (Å²) in [5.74, 6) is 0.208. The van der Waals surface area contributed by atoms with Gasteiger partial charge >= 0.3 is 5.69 Å². The molecule has 4 rings (SSSR count). The first-order valence-electron chi connectivity index (χ1n) is 8.96. The van der Waals surface area contributed by atoms with Crippen molar-refractivity contribution in [1.29, 1.82) is 0 Å². The van der Waals surface area contributed by atoms with Gasteiger partial charge in [-0.05, 0) is 30.0 Å². The molecule has 1 N–H and O–H groups in total. The monoisotopic (exact) mass is 350 g/mol. The number of H-pyrrole nitrogens is 1. The molecule has 1 aromatic carbocycles. The Hall–Kier alpha value is -2.89. The van der Waals surface area contributed by atoms with Crippen LogP contribution >= 0.6 is 0 Å². The van der Waals surface area contributed by atoms with E-state index in [0.29, 0.717) is 6.54 Å². The van der Waals surface area contributed by atoms with Crippen molar-refractivity contribution in [3.05, 3.63) is 64.5 Å². The maximum absolute atomic E-state index is 13.0. The van der Waals surface area contributed by atoms with Crippen LogP contribution in [0.15, 0.2) is 47.5 Å². The maximum Gasteiger partial charge on any atom is 0.347 e. The molecule has 0 radical (unpaired) electrons. The molecule has 1 atom stereocenters. The molecule has 0 fully saturated rings. The third-order valence-corrected chi connectivity index (χ3v) is 5.12. The van der Waals surface area contributed by atoms with E-state index in [1.165, 1.54) is 21.7 Å². The lowest BCUT2D eigenvalue weighted by atomic mass is 9.90. The molecule has 0 unspecified atom stereocenters. The summed E-state index contributed by atoms with van der Waals surface area (Å²) in [7, 11) is 0. The van der Waals surface area contributed by atoms with Gasteiger partial charge in [-0.3, -0.25) is 9.36 Å². The van der Waals surface area contributed by atoms with Crippen molar-refractivity contribution in [2.24, 2.45) is 5.92 Å². The van der Waals surface area contributed by atoms with Crippen molar-refractivity contribution in [3.8, 4) is 0 Å². The zero-order valence-corrected chi connectivity index (χ0v) is 15.0. The van der Waals surface area contributed by atoms with Crippen LogP contribution in [0.25, 0.3) is 10.9 Å². The zero-order chi connectivity index (χ0) is 18.3. The minimum absolute atomic E-state index is 0.0193. The van der Waals surface area contributed by atoms with Gasteiger partial charge in [-0.15, -0.1) is 0 Å². The van der Waals surface area contributed by atoms with Crippen LogP contribution in [0.2, 0.25) is 0 Å². The van der Waals surface area contributed by atoms with Crippen molar-refractivity contribution >= 4 is 16.8 Å². The van der Waals surface area contributed by atoms with E-state index >= 15 is 0 Å². The second kappa shape index (κ2) is 6.44. The Balaban J connectivity index is 1.70. The van der Waals surface area contributed by atoms with Crippen LogP contribution < -0.4 is 5.69 Å². The van der Waals surface area contributed by atoms with Gasteiger partial charge in [0.05, 0.1) is 6.04 Å². The van der Waals surface area contributed by atoms with Gasteiger partial charge in [0.1, 0.15) is 6.54 Å². The molecule has 1 aliphatic rings. The first-order valence-corrected chi connectivity index (χ1v) is 8.96. The van der Waals surface area contributed by atoms with Crippen LogP contribution in [0.4, 0.5) is 0 Å². The Labute approximate surface area is 151 Å². The molecular weight excluding hydrogens is 328 g/mol. The predicted molar refractivity (Wildman–Crippen MR) is 99.8 cm³/mol. The highest BCUT2D eigenvalue weighted by atomic mass is 16.2. The van der Waals surface area contributed by atoms with Gasteiger partial charge in [0.25, 0.3) is 0 Å². The number of fused-ring (bicyclic) bond motifs is 3. The number of carbonyl (C=O) groups is 1. The van der Waals surface area contributed by atoms with Gasteiger partial charge in [0, 0.05) is 35.5 Å². The highest BCUT2D eigenvalue weighted by molar-refractivity contribution is 5.86. The molecule has 0 aliphatic carbocycles. The molecule has 6 nitrogen and oxygen atoms in total. The minimum Gasteiger partial charge on any atom is -0.356 e. The molecule has 3 aromatic rings. The molecule has 0 saturated carbocycles. The highest BCUT2D eigenvalue weighted by Gasteiger charge is 2.35. The van der Waals surface area contributed by atoms with E-state index in [-0.39, 0.29) is 24.4 Å². The van der Waals surface area contributed by atoms with E-state index in [4.69, 9.17) is 0 Å². The molecule has 26 heavy (non-hydrogen) atoms. The second-order valence-electron chi connectivity index (χ2n) is 7.12. The van der Waals surface area contributed by atoms with Crippen LogP contribution in [-0.2, 0) is 17.8 Å². The quantitative estimate of drug-likeness (QED) is 0.789. The van der Waals surface area contributed by atoms with E-state index in [0.717, 1.165) is 17.6 Å². The molecule has 3 heterocycles. The van der Waals surface area contributed by atoms with E-state index in [2.05, 4.69) is 35.9 Å². The Morgan fingerprint density at radius 3 is 2.88 bits per heavy atom. The molecule has 0 spiro atoms.